The second kappa shape index (κ2) is 5.77. The molecule has 1 saturated carbocycles. The molecule has 1 saturated heterocycles. The second-order valence-corrected chi connectivity index (χ2v) is 7.63. The molecule has 0 bridgehead atoms. The number of halogens is 1. The summed E-state index contributed by atoms with van der Waals surface area (Å²) in [5, 5.41) is 9.50. The summed E-state index contributed by atoms with van der Waals surface area (Å²) < 4.78 is 22.8. The van der Waals surface area contributed by atoms with Gasteiger partial charge in [-0.15, -0.1) is 0 Å². The Balaban J connectivity index is 1.86. The Morgan fingerprint density at radius 1 is 1.33 bits per heavy atom. The number of fused-ring (bicyclic) bond motifs is 5. The first-order chi connectivity index (χ1) is 13.0. The summed E-state index contributed by atoms with van der Waals surface area (Å²) in [5.74, 6) is -1.82. The number of anilines is 1. The summed E-state index contributed by atoms with van der Waals surface area (Å²) in [6, 6.07) is 1.12. The van der Waals surface area contributed by atoms with Gasteiger partial charge in [0.25, 0.3) is 0 Å². The molecule has 142 valence electrons. The van der Waals surface area contributed by atoms with Crippen molar-refractivity contribution in [1.82, 2.24) is 4.57 Å². The zero-order valence-corrected chi connectivity index (χ0v) is 14.7. The van der Waals surface area contributed by atoms with Gasteiger partial charge in [0.15, 0.2) is 0 Å². The minimum Gasteiger partial charge on any atom is -0.477 e. The lowest BCUT2D eigenvalue weighted by molar-refractivity contribution is 0.0695. The third-order valence-electron chi connectivity index (χ3n) is 5.93. The second-order valence-electron chi connectivity index (χ2n) is 7.63. The zero-order valence-electron chi connectivity index (χ0n) is 14.7. The zero-order chi connectivity index (χ0) is 18.9. The fourth-order valence-corrected chi connectivity index (χ4v) is 4.45. The van der Waals surface area contributed by atoms with Gasteiger partial charge in [0, 0.05) is 35.8 Å². The highest BCUT2D eigenvalue weighted by atomic mass is 19.1. The van der Waals surface area contributed by atoms with Crippen LogP contribution in [-0.4, -0.2) is 40.9 Å². The van der Waals surface area contributed by atoms with E-state index >= 15 is 4.39 Å². The summed E-state index contributed by atoms with van der Waals surface area (Å²) in [5.41, 5.74) is 6.83. The Morgan fingerprint density at radius 2 is 2.11 bits per heavy atom. The standard InChI is InChI=1S/C19H20FN3O4/c20-13-5-10-16(23(9-1-2-9)6-11(18(10)24)19(25)26)12-7-27-8-15-14(21)3-4-22(15)17(12)13/h5-6,9,14-15H,1-4,7-8,21H2,(H,25,26)/t14-,15-/m1/s1. The Kier molecular flexibility index (Phi) is 3.57. The number of carboxylic acid groups (broad SMARTS) is 1. The molecule has 27 heavy (non-hydrogen) atoms. The van der Waals surface area contributed by atoms with E-state index in [9.17, 15) is 14.7 Å². The van der Waals surface area contributed by atoms with E-state index in [1.54, 1.807) is 0 Å². The van der Waals surface area contributed by atoms with Gasteiger partial charge in [0.2, 0.25) is 5.43 Å². The molecule has 0 unspecified atom stereocenters. The Bertz CT molecular complexity index is 1030. The third-order valence-corrected chi connectivity index (χ3v) is 5.93. The number of carboxylic acids is 1. The number of hydrogen-bond acceptors (Lipinski definition) is 5. The summed E-state index contributed by atoms with van der Waals surface area (Å²) in [4.78, 5) is 26.2. The molecule has 3 N–H and O–H groups in total. The predicted molar refractivity (Wildman–Crippen MR) is 96.8 cm³/mol. The van der Waals surface area contributed by atoms with E-state index in [1.807, 2.05) is 9.47 Å². The van der Waals surface area contributed by atoms with Crippen LogP contribution in [0.1, 0.15) is 41.2 Å². The average Bonchev–Trinajstić information content (AvgIpc) is 3.42. The quantitative estimate of drug-likeness (QED) is 0.830. The van der Waals surface area contributed by atoms with E-state index in [4.69, 9.17) is 10.5 Å². The Labute approximate surface area is 154 Å². The number of hydrogen-bond donors (Lipinski definition) is 2. The molecule has 0 radical (unpaired) electrons. The Morgan fingerprint density at radius 3 is 2.81 bits per heavy atom. The molecule has 1 aromatic carbocycles. The largest absolute Gasteiger partial charge is 0.477 e. The lowest BCUT2D eigenvalue weighted by atomic mass is 10.0. The predicted octanol–water partition coefficient (Wildman–Crippen LogP) is 1.61. The van der Waals surface area contributed by atoms with Gasteiger partial charge in [0.05, 0.1) is 30.5 Å². The van der Waals surface area contributed by atoms with Crippen LogP contribution in [0.2, 0.25) is 0 Å². The lowest BCUT2D eigenvalue weighted by Crippen LogP contribution is -2.42. The van der Waals surface area contributed by atoms with E-state index in [2.05, 4.69) is 0 Å². The van der Waals surface area contributed by atoms with Crippen LogP contribution in [0.25, 0.3) is 10.9 Å². The number of benzene rings is 1. The van der Waals surface area contributed by atoms with Gasteiger partial charge in [-0.25, -0.2) is 9.18 Å². The maximum atomic E-state index is 15.2. The van der Waals surface area contributed by atoms with E-state index in [1.165, 1.54) is 12.3 Å². The van der Waals surface area contributed by atoms with E-state index < -0.39 is 17.2 Å². The van der Waals surface area contributed by atoms with E-state index in [-0.39, 0.29) is 35.7 Å². The third kappa shape index (κ3) is 2.40. The molecule has 3 aliphatic rings. The topological polar surface area (TPSA) is 97.8 Å². The molecular weight excluding hydrogens is 353 g/mol. The van der Waals surface area contributed by atoms with Crippen LogP contribution in [0, 0.1) is 5.82 Å². The number of nitrogens with zero attached hydrogens (tertiary/aromatic N) is 2. The van der Waals surface area contributed by atoms with Gasteiger partial charge in [-0.2, -0.15) is 0 Å². The summed E-state index contributed by atoms with van der Waals surface area (Å²) >= 11 is 0. The summed E-state index contributed by atoms with van der Waals surface area (Å²) in [6.45, 7) is 1.20. The molecule has 0 amide bonds. The fraction of sp³-hybridized carbons (Fsp3) is 0.474. The fourth-order valence-electron chi connectivity index (χ4n) is 4.45. The normalized spacial score (nSPS) is 24.6. The number of pyridine rings is 1. The number of ether oxygens (including phenoxy) is 1. The van der Waals surface area contributed by atoms with Crippen LogP contribution in [0.5, 0.6) is 0 Å². The first kappa shape index (κ1) is 16.7. The van der Waals surface area contributed by atoms with Crippen molar-refractivity contribution >= 4 is 22.6 Å². The first-order valence-electron chi connectivity index (χ1n) is 9.21. The Hall–Kier alpha value is -2.45. The van der Waals surface area contributed by atoms with Crippen LogP contribution < -0.4 is 16.1 Å². The van der Waals surface area contributed by atoms with Gasteiger partial charge in [-0.1, -0.05) is 0 Å². The van der Waals surface area contributed by atoms with Gasteiger partial charge in [-0.3, -0.25) is 4.79 Å². The summed E-state index contributed by atoms with van der Waals surface area (Å²) in [7, 11) is 0. The van der Waals surface area contributed by atoms with Crippen molar-refractivity contribution in [3.63, 3.8) is 0 Å². The van der Waals surface area contributed by atoms with Gasteiger partial charge >= 0.3 is 5.97 Å². The molecule has 2 aliphatic heterocycles. The van der Waals surface area contributed by atoms with Gasteiger partial charge < -0.3 is 25.0 Å². The molecule has 2 atom stereocenters. The molecule has 8 heteroatoms. The van der Waals surface area contributed by atoms with Crippen molar-refractivity contribution in [3.8, 4) is 0 Å². The lowest BCUT2D eigenvalue weighted by Gasteiger charge is -2.28. The van der Waals surface area contributed by atoms with Crippen LogP contribution in [-0.2, 0) is 11.3 Å². The maximum absolute atomic E-state index is 15.2. The highest BCUT2D eigenvalue weighted by Crippen LogP contribution is 2.42. The minimum atomic E-state index is -1.30. The van der Waals surface area contributed by atoms with Crippen molar-refractivity contribution in [2.45, 2.75) is 44.0 Å². The molecule has 5 rings (SSSR count). The number of aromatic carboxylic acids is 1. The molecule has 2 aromatic rings. The van der Waals surface area contributed by atoms with E-state index in [0.717, 1.165) is 19.3 Å². The highest BCUT2D eigenvalue weighted by molar-refractivity contribution is 5.95. The van der Waals surface area contributed by atoms with Crippen molar-refractivity contribution in [2.24, 2.45) is 5.73 Å². The van der Waals surface area contributed by atoms with Crippen LogP contribution in [0.4, 0.5) is 10.1 Å². The highest BCUT2D eigenvalue weighted by Gasteiger charge is 2.38. The van der Waals surface area contributed by atoms with Crippen LogP contribution in [0.3, 0.4) is 0 Å². The molecule has 1 aromatic heterocycles. The SMILES string of the molecule is N[C@@H]1CCN2c3c(F)cc4c(=O)c(C(=O)O)cn(C5CC5)c4c3COC[C@H]12. The minimum absolute atomic E-state index is 0.0916. The first-order valence-corrected chi connectivity index (χ1v) is 9.21. The van der Waals surface area contributed by atoms with Crippen molar-refractivity contribution < 1.29 is 19.0 Å². The molecular formula is C19H20FN3O4. The van der Waals surface area contributed by atoms with Crippen molar-refractivity contribution in [1.29, 1.82) is 0 Å². The van der Waals surface area contributed by atoms with Gasteiger partial charge in [-0.05, 0) is 25.3 Å². The number of nitrogens with two attached hydrogens (primary N) is 1. The monoisotopic (exact) mass is 373 g/mol. The number of carbonyl (C=O) groups is 1. The molecule has 0 spiro atoms. The summed E-state index contributed by atoms with van der Waals surface area (Å²) in [6.07, 6.45) is 3.96. The van der Waals surface area contributed by atoms with Crippen molar-refractivity contribution in [3.05, 3.63) is 39.4 Å². The van der Waals surface area contributed by atoms with E-state index in [0.29, 0.717) is 29.9 Å². The average molecular weight is 373 g/mol. The molecule has 7 nitrogen and oxygen atoms in total. The maximum Gasteiger partial charge on any atom is 0.341 e. The number of rotatable bonds is 2. The smallest absolute Gasteiger partial charge is 0.341 e. The van der Waals surface area contributed by atoms with Crippen LogP contribution in [0.15, 0.2) is 17.1 Å². The van der Waals surface area contributed by atoms with Crippen LogP contribution >= 0.6 is 0 Å². The molecule has 1 aliphatic carbocycles. The van der Waals surface area contributed by atoms with Crippen molar-refractivity contribution in [2.75, 3.05) is 18.1 Å². The van der Waals surface area contributed by atoms with Gasteiger partial charge in [0.1, 0.15) is 11.4 Å². The number of aromatic nitrogens is 1. The molecule has 3 heterocycles. The molecule has 2 fully saturated rings.